The lowest BCUT2D eigenvalue weighted by molar-refractivity contribution is 0.561. The molecule has 6 heteroatoms. The van der Waals surface area contributed by atoms with Gasteiger partial charge in [-0.3, -0.25) is 0 Å². The van der Waals surface area contributed by atoms with Crippen molar-refractivity contribution in [3.63, 3.8) is 0 Å². The smallest absolute Gasteiger partial charge is 0.164 e. The molecule has 2 atom stereocenters. The van der Waals surface area contributed by atoms with Gasteiger partial charge in [-0.25, -0.2) is 0 Å². The van der Waals surface area contributed by atoms with E-state index in [1.54, 1.807) is 0 Å². The molecule has 5 aromatic carbocycles. The molecule has 1 unspecified atom stereocenters. The highest BCUT2D eigenvalue weighted by atomic mass is 79.9. The minimum absolute atomic E-state index is 0.373. The minimum atomic E-state index is -3.22. The lowest BCUT2D eigenvalue weighted by Crippen LogP contribution is -2.37. The average molecular weight is 612 g/mol. The Morgan fingerprint density at radius 1 is 0.564 bits per heavy atom. The van der Waals surface area contributed by atoms with E-state index in [2.05, 4.69) is 27.3 Å². The first-order valence-corrected chi connectivity index (χ1v) is 17.3. The van der Waals surface area contributed by atoms with E-state index in [9.17, 15) is 0 Å². The fraction of sp³-hybridized carbons (Fsp3) is 0.0909. The maximum atomic E-state index is 15.7. The van der Waals surface area contributed by atoms with Crippen LogP contribution in [0.2, 0.25) is 0 Å². The first kappa shape index (κ1) is 26.1. The van der Waals surface area contributed by atoms with E-state index in [-0.39, 0.29) is 5.66 Å². The second-order valence-electron chi connectivity index (χ2n) is 9.80. The molecule has 0 radical (unpaired) electrons. The maximum absolute atomic E-state index is 15.7. The Bertz CT molecular complexity index is 1590. The number of benzene rings is 5. The van der Waals surface area contributed by atoms with Crippen molar-refractivity contribution in [2.45, 2.75) is 17.9 Å². The van der Waals surface area contributed by atoms with Gasteiger partial charge in [0.15, 0.2) is 14.3 Å². The number of rotatable bonds is 6. The molecule has 194 valence electrons. The molecule has 1 aliphatic rings. The molecular formula is C33H28BrNO2P2. The number of halogens is 1. The highest BCUT2D eigenvalue weighted by Crippen LogP contribution is 2.65. The molecule has 1 heterocycles. The monoisotopic (exact) mass is 611 g/mol. The molecule has 0 saturated carbocycles. The molecule has 5 aromatic rings. The summed E-state index contributed by atoms with van der Waals surface area (Å²) in [6.07, 6.45) is 0.450. The molecule has 0 saturated heterocycles. The van der Waals surface area contributed by atoms with E-state index in [0.717, 1.165) is 36.9 Å². The van der Waals surface area contributed by atoms with Crippen LogP contribution >= 0.6 is 30.2 Å². The molecule has 0 aliphatic carbocycles. The highest BCUT2D eigenvalue weighted by molar-refractivity contribution is 9.10. The first-order chi connectivity index (χ1) is 19.0. The van der Waals surface area contributed by atoms with Gasteiger partial charge in [0.05, 0.1) is 5.78 Å². The summed E-state index contributed by atoms with van der Waals surface area (Å²) < 4.78 is 32.0. The minimum Gasteiger partial charge on any atom is -0.375 e. The maximum Gasteiger partial charge on any atom is 0.164 e. The van der Waals surface area contributed by atoms with Crippen LogP contribution in [-0.4, -0.2) is 5.78 Å². The number of anilines is 1. The van der Waals surface area contributed by atoms with Gasteiger partial charge in [-0.15, -0.1) is 0 Å². The zero-order valence-electron chi connectivity index (χ0n) is 21.2. The Balaban J connectivity index is 1.60. The standard InChI is InChI=1S/C33H28BrNO2P2/c34-25-21-22-31-30(23-25)32(38(36,26-13-5-1-6-14-26)27-15-7-2-8-16-27)24-33(35-31)39(37,28-17-9-3-10-18-28)29-19-11-4-12-20-29/h1-23,32-33,35H,24H2/t32?,33-/m1/s1. The largest absolute Gasteiger partial charge is 0.375 e. The summed E-state index contributed by atoms with van der Waals surface area (Å²) >= 11 is 3.65. The molecule has 0 aromatic heterocycles. The van der Waals surface area contributed by atoms with Crippen LogP contribution in [0.15, 0.2) is 144 Å². The van der Waals surface area contributed by atoms with Crippen molar-refractivity contribution in [3.8, 4) is 0 Å². The number of nitrogens with one attached hydrogen (secondary N) is 1. The molecule has 39 heavy (non-hydrogen) atoms. The second-order valence-corrected chi connectivity index (χ2v) is 16.7. The molecule has 0 bridgehead atoms. The summed E-state index contributed by atoms with van der Waals surface area (Å²) in [7, 11) is -6.42. The number of hydrogen-bond acceptors (Lipinski definition) is 3. The fourth-order valence-corrected chi connectivity index (χ4v) is 12.7. The van der Waals surface area contributed by atoms with Crippen LogP contribution in [0.1, 0.15) is 17.6 Å². The van der Waals surface area contributed by atoms with Gasteiger partial charge in [0.2, 0.25) is 0 Å². The van der Waals surface area contributed by atoms with E-state index in [1.807, 2.05) is 133 Å². The summed E-state index contributed by atoms with van der Waals surface area (Å²) in [5.41, 5.74) is 1.48. The van der Waals surface area contributed by atoms with Crippen molar-refractivity contribution in [1.82, 2.24) is 0 Å². The molecule has 0 amide bonds. The highest BCUT2D eigenvalue weighted by Gasteiger charge is 2.47. The zero-order chi connectivity index (χ0) is 26.9. The molecule has 6 rings (SSSR count). The zero-order valence-corrected chi connectivity index (χ0v) is 24.6. The quantitative estimate of drug-likeness (QED) is 0.201. The van der Waals surface area contributed by atoms with Crippen molar-refractivity contribution >= 4 is 57.1 Å². The van der Waals surface area contributed by atoms with Gasteiger partial charge in [0.25, 0.3) is 0 Å². The molecule has 3 nitrogen and oxygen atoms in total. The van der Waals surface area contributed by atoms with Gasteiger partial charge in [0, 0.05) is 37.0 Å². The van der Waals surface area contributed by atoms with Crippen molar-refractivity contribution in [1.29, 1.82) is 0 Å². The van der Waals surface area contributed by atoms with Crippen molar-refractivity contribution in [3.05, 3.63) is 150 Å². The third-order valence-electron chi connectivity index (χ3n) is 7.58. The molecule has 0 spiro atoms. The van der Waals surface area contributed by atoms with Crippen LogP contribution in [0.25, 0.3) is 0 Å². The van der Waals surface area contributed by atoms with E-state index in [4.69, 9.17) is 0 Å². The van der Waals surface area contributed by atoms with Crippen LogP contribution in [0, 0.1) is 0 Å². The van der Waals surface area contributed by atoms with Gasteiger partial charge < -0.3 is 14.4 Å². The van der Waals surface area contributed by atoms with E-state index < -0.39 is 20.1 Å². The normalized spacial score (nSPS) is 17.2. The molecule has 0 fully saturated rings. The van der Waals surface area contributed by atoms with E-state index in [1.165, 1.54) is 0 Å². The summed E-state index contributed by atoms with van der Waals surface area (Å²) in [5.74, 6) is -0.443. The third kappa shape index (κ3) is 4.66. The SMILES string of the molecule is O=P(c1ccccc1)(c1ccccc1)C1C[C@@H](P(=O)(c2ccccc2)c2ccccc2)Nc2ccc(Br)cc21. The molecular weight excluding hydrogens is 584 g/mol. The number of fused-ring (bicyclic) bond motifs is 1. The molecule has 1 N–H and O–H groups in total. The summed E-state index contributed by atoms with van der Waals surface area (Å²) in [6, 6.07) is 45.1. The van der Waals surface area contributed by atoms with Gasteiger partial charge in [0.1, 0.15) is 0 Å². The van der Waals surface area contributed by atoms with Crippen LogP contribution in [0.5, 0.6) is 0 Å². The lowest BCUT2D eigenvalue weighted by Gasteiger charge is -2.41. The van der Waals surface area contributed by atoms with Gasteiger partial charge >= 0.3 is 0 Å². The van der Waals surface area contributed by atoms with Crippen molar-refractivity contribution < 1.29 is 9.13 Å². The van der Waals surface area contributed by atoms with Gasteiger partial charge in [-0.05, 0) is 30.2 Å². The topological polar surface area (TPSA) is 46.2 Å². The Hall–Kier alpha value is -3.16. The molecule has 1 aliphatic heterocycles. The second kappa shape index (κ2) is 10.8. The van der Waals surface area contributed by atoms with Gasteiger partial charge in [-0.2, -0.15) is 0 Å². The average Bonchev–Trinajstić information content (AvgIpc) is 3.01. The van der Waals surface area contributed by atoms with Gasteiger partial charge in [-0.1, -0.05) is 137 Å². The summed E-state index contributed by atoms with van der Waals surface area (Å²) in [4.78, 5) is 0. The Kier molecular flexibility index (Phi) is 7.21. The third-order valence-corrected chi connectivity index (χ3v) is 14.9. The van der Waals surface area contributed by atoms with Crippen molar-refractivity contribution in [2.24, 2.45) is 0 Å². The van der Waals surface area contributed by atoms with E-state index >= 15 is 9.13 Å². The first-order valence-electron chi connectivity index (χ1n) is 13.0. The predicted octanol–water partition coefficient (Wildman–Crippen LogP) is 7.66. The Labute approximate surface area is 238 Å². The predicted molar refractivity (Wildman–Crippen MR) is 168 cm³/mol. The van der Waals surface area contributed by atoms with Crippen LogP contribution in [-0.2, 0) is 9.13 Å². The summed E-state index contributed by atoms with van der Waals surface area (Å²) in [5, 5.41) is 6.86. The van der Waals surface area contributed by atoms with Crippen molar-refractivity contribution in [2.75, 3.05) is 5.32 Å². The Morgan fingerprint density at radius 3 is 1.41 bits per heavy atom. The fourth-order valence-electron chi connectivity index (χ4n) is 5.72. The number of hydrogen-bond donors (Lipinski definition) is 1. The lowest BCUT2D eigenvalue weighted by atomic mass is 10.0. The Morgan fingerprint density at radius 2 is 0.974 bits per heavy atom. The summed E-state index contributed by atoms with van der Waals surface area (Å²) in [6.45, 7) is 0. The van der Waals surface area contributed by atoms with Crippen LogP contribution in [0.3, 0.4) is 0 Å². The van der Waals surface area contributed by atoms with Crippen LogP contribution in [0.4, 0.5) is 5.69 Å². The van der Waals surface area contributed by atoms with Crippen LogP contribution < -0.4 is 26.5 Å². The van der Waals surface area contributed by atoms with E-state index in [0.29, 0.717) is 6.42 Å².